The molecular formula is C25H28N4O2. The van der Waals surface area contributed by atoms with Gasteiger partial charge in [-0.05, 0) is 65.0 Å². The molecule has 4 heterocycles. The molecule has 1 aliphatic rings. The molecule has 0 unspecified atom stereocenters. The van der Waals surface area contributed by atoms with Gasteiger partial charge in [0.1, 0.15) is 5.58 Å². The molecule has 0 N–H and O–H groups in total. The normalized spacial score (nSPS) is 15.5. The fraction of sp³-hybridized carbons (Fsp3) is 0.360. The number of aryl methyl sites for hydroxylation is 2. The Labute approximate surface area is 181 Å². The highest BCUT2D eigenvalue weighted by Gasteiger charge is 2.21. The molecule has 6 nitrogen and oxygen atoms in total. The van der Waals surface area contributed by atoms with E-state index in [1.807, 2.05) is 48.8 Å². The molecule has 0 bridgehead atoms. The number of benzene rings is 1. The molecule has 5 rings (SSSR count). The molecule has 3 aromatic heterocycles. The highest BCUT2D eigenvalue weighted by atomic mass is 16.4. The molecular weight excluding hydrogens is 388 g/mol. The van der Waals surface area contributed by atoms with Crippen LogP contribution in [-0.2, 0) is 0 Å². The van der Waals surface area contributed by atoms with E-state index >= 15 is 0 Å². The van der Waals surface area contributed by atoms with Crippen LogP contribution in [0.1, 0.15) is 24.2 Å². The Morgan fingerprint density at radius 3 is 2.58 bits per heavy atom. The van der Waals surface area contributed by atoms with Crippen molar-refractivity contribution in [2.24, 2.45) is 0 Å². The summed E-state index contributed by atoms with van der Waals surface area (Å²) in [6.07, 6.45) is 6.23. The van der Waals surface area contributed by atoms with Crippen LogP contribution in [0.4, 0.5) is 5.69 Å². The number of anilines is 1. The van der Waals surface area contributed by atoms with Gasteiger partial charge in [0, 0.05) is 54.2 Å². The van der Waals surface area contributed by atoms with Gasteiger partial charge < -0.3 is 18.6 Å². The van der Waals surface area contributed by atoms with Gasteiger partial charge in [0.15, 0.2) is 0 Å². The van der Waals surface area contributed by atoms with E-state index in [0.29, 0.717) is 17.2 Å². The van der Waals surface area contributed by atoms with Gasteiger partial charge in [0.2, 0.25) is 0 Å². The quantitative estimate of drug-likeness (QED) is 0.467. The molecule has 6 heteroatoms. The van der Waals surface area contributed by atoms with Crippen LogP contribution < -0.4 is 10.5 Å². The molecule has 1 aromatic carbocycles. The van der Waals surface area contributed by atoms with Crippen molar-refractivity contribution in [1.82, 2.24) is 14.3 Å². The van der Waals surface area contributed by atoms with E-state index in [4.69, 9.17) is 4.42 Å². The Kier molecular flexibility index (Phi) is 4.82. The molecule has 0 atom stereocenters. The summed E-state index contributed by atoms with van der Waals surface area (Å²) in [5.74, 6) is 0. The molecule has 0 radical (unpaired) electrons. The van der Waals surface area contributed by atoms with Gasteiger partial charge in [-0.25, -0.2) is 4.79 Å². The zero-order chi connectivity index (χ0) is 21.7. The first-order valence-electron chi connectivity index (χ1n) is 10.8. The van der Waals surface area contributed by atoms with Gasteiger partial charge >= 0.3 is 5.63 Å². The third-order valence-corrected chi connectivity index (χ3v) is 6.48. The lowest BCUT2D eigenvalue weighted by Gasteiger charge is -2.36. The van der Waals surface area contributed by atoms with E-state index in [9.17, 15) is 4.79 Å². The van der Waals surface area contributed by atoms with Gasteiger partial charge in [-0.2, -0.15) is 0 Å². The summed E-state index contributed by atoms with van der Waals surface area (Å²) in [4.78, 5) is 22.1. The molecule has 160 valence electrons. The maximum absolute atomic E-state index is 12.9. The van der Waals surface area contributed by atoms with Gasteiger partial charge in [0.05, 0.1) is 22.5 Å². The number of piperidine rings is 1. The topological polar surface area (TPSA) is 54.0 Å². The second-order valence-corrected chi connectivity index (χ2v) is 8.84. The number of nitrogens with zero attached hydrogens (tertiary/aromatic N) is 4. The minimum atomic E-state index is -0.311. The van der Waals surface area contributed by atoms with Crippen LogP contribution in [0.15, 0.2) is 51.9 Å². The second-order valence-electron chi connectivity index (χ2n) is 8.84. The largest absolute Gasteiger partial charge is 0.422 e. The van der Waals surface area contributed by atoms with Crippen molar-refractivity contribution in [1.29, 1.82) is 0 Å². The Balaban J connectivity index is 1.49. The van der Waals surface area contributed by atoms with Crippen molar-refractivity contribution in [2.45, 2.75) is 32.7 Å². The molecule has 1 fully saturated rings. The van der Waals surface area contributed by atoms with Gasteiger partial charge in [-0.3, -0.25) is 4.98 Å². The van der Waals surface area contributed by atoms with Crippen molar-refractivity contribution < 1.29 is 4.42 Å². The van der Waals surface area contributed by atoms with E-state index in [1.54, 1.807) is 0 Å². The fourth-order valence-electron chi connectivity index (χ4n) is 4.71. The first-order chi connectivity index (χ1) is 14.9. The predicted molar refractivity (Wildman–Crippen MR) is 125 cm³/mol. The average Bonchev–Trinajstić information content (AvgIpc) is 3.17. The summed E-state index contributed by atoms with van der Waals surface area (Å²) < 4.78 is 7.80. The summed E-state index contributed by atoms with van der Waals surface area (Å²) in [6, 6.07) is 10.8. The maximum atomic E-state index is 12.9. The van der Waals surface area contributed by atoms with Gasteiger partial charge in [-0.15, -0.1) is 0 Å². The van der Waals surface area contributed by atoms with Crippen molar-refractivity contribution in [3.8, 4) is 11.1 Å². The van der Waals surface area contributed by atoms with E-state index in [2.05, 4.69) is 41.0 Å². The molecule has 4 aromatic rings. The van der Waals surface area contributed by atoms with Crippen LogP contribution in [0, 0.1) is 13.8 Å². The predicted octanol–water partition coefficient (Wildman–Crippen LogP) is 4.25. The highest BCUT2D eigenvalue weighted by Crippen LogP contribution is 2.28. The number of fused-ring (bicyclic) bond motifs is 2. The smallest absolute Gasteiger partial charge is 0.344 e. The first-order valence-corrected chi connectivity index (χ1v) is 10.8. The molecule has 31 heavy (non-hydrogen) atoms. The summed E-state index contributed by atoms with van der Waals surface area (Å²) >= 11 is 0. The minimum absolute atomic E-state index is 0.311. The number of rotatable bonds is 3. The van der Waals surface area contributed by atoms with Crippen LogP contribution in [-0.4, -0.2) is 47.5 Å². The van der Waals surface area contributed by atoms with E-state index < -0.39 is 0 Å². The van der Waals surface area contributed by atoms with Crippen LogP contribution >= 0.6 is 0 Å². The zero-order valence-electron chi connectivity index (χ0n) is 18.6. The lowest BCUT2D eigenvalue weighted by molar-refractivity contribution is 0.249. The number of aromatic nitrogens is 2. The maximum Gasteiger partial charge on any atom is 0.344 e. The van der Waals surface area contributed by atoms with Crippen LogP contribution in [0.2, 0.25) is 0 Å². The third-order valence-electron chi connectivity index (χ3n) is 6.48. The number of hydrogen-bond donors (Lipinski definition) is 0. The van der Waals surface area contributed by atoms with E-state index in [0.717, 1.165) is 59.5 Å². The summed E-state index contributed by atoms with van der Waals surface area (Å²) in [5, 5.41) is 0.933. The van der Waals surface area contributed by atoms with Crippen LogP contribution in [0.25, 0.3) is 27.6 Å². The molecule has 0 amide bonds. The standard InChI is InChI=1S/C25H28N4O2/c1-16-14-29-15-19(12-23(29)17(2)26-16)22-11-18-5-6-21(13-24(18)31-25(22)30)28-9-7-20(8-10-28)27(3)4/h5-6,11-15,20H,7-10H2,1-4H3. The van der Waals surface area contributed by atoms with Crippen molar-refractivity contribution in [2.75, 3.05) is 32.1 Å². The van der Waals surface area contributed by atoms with E-state index in [1.165, 1.54) is 0 Å². The Morgan fingerprint density at radius 1 is 1.06 bits per heavy atom. The molecule has 0 aliphatic carbocycles. The van der Waals surface area contributed by atoms with Crippen LogP contribution in [0.3, 0.4) is 0 Å². The second kappa shape index (κ2) is 7.54. The zero-order valence-corrected chi connectivity index (χ0v) is 18.6. The lowest BCUT2D eigenvalue weighted by atomic mass is 10.0. The van der Waals surface area contributed by atoms with Crippen molar-refractivity contribution in [3.63, 3.8) is 0 Å². The lowest BCUT2D eigenvalue weighted by Crippen LogP contribution is -2.41. The van der Waals surface area contributed by atoms with Crippen molar-refractivity contribution >= 4 is 22.2 Å². The summed E-state index contributed by atoms with van der Waals surface area (Å²) in [5.41, 5.74) is 5.75. The number of hydrogen-bond acceptors (Lipinski definition) is 5. The molecule has 1 aliphatic heterocycles. The molecule has 0 saturated carbocycles. The van der Waals surface area contributed by atoms with Gasteiger partial charge in [-0.1, -0.05) is 0 Å². The SMILES string of the molecule is Cc1cn2cc(-c3cc4ccc(N5CCC(N(C)C)CC5)cc4oc3=O)cc2c(C)n1. The third kappa shape index (κ3) is 3.61. The van der Waals surface area contributed by atoms with Crippen LogP contribution in [0.5, 0.6) is 0 Å². The van der Waals surface area contributed by atoms with E-state index in [-0.39, 0.29) is 5.63 Å². The van der Waals surface area contributed by atoms with Gasteiger partial charge in [0.25, 0.3) is 0 Å². The average molecular weight is 417 g/mol. The monoisotopic (exact) mass is 416 g/mol. The first kappa shape index (κ1) is 19.8. The van der Waals surface area contributed by atoms with Crippen molar-refractivity contribution in [3.05, 3.63) is 64.5 Å². The fourth-order valence-corrected chi connectivity index (χ4v) is 4.71. The highest BCUT2D eigenvalue weighted by molar-refractivity contribution is 5.85. The Morgan fingerprint density at radius 2 is 1.84 bits per heavy atom. The summed E-state index contributed by atoms with van der Waals surface area (Å²) in [7, 11) is 4.30. The molecule has 0 spiro atoms. The minimum Gasteiger partial charge on any atom is -0.422 e. The summed E-state index contributed by atoms with van der Waals surface area (Å²) in [6.45, 7) is 5.98. The Hall–Kier alpha value is -3.12. The molecule has 1 saturated heterocycles. The Bertz CT molecular complexity index is 1330.